The lowest BCUT2D eigenvalue weighted by molar-refractivity contribution is -0.117. The minimum atomic E-state index is -0.0746. The lowest BCUT2D eigenvalue weighted by atomic mass is 10.0. The molecule has 1 aliphatic rings. The van der Waals surface area contributed by atoms with Crippen molar-refractivity contribution in [2.45, 2.75) is 38.6 Å². The Bertz CT molecular complexity index is 451. The number of anilines is 1. The van der Waals surface area contributed by atoms with Gasteiger partial charge in [-0.2, -0.15) is 0 Å². The fraction of sp³-hybridized carbons (Fsp3) is 0.533. The highest BCUT2D eigenvalue weighted by Crippen LogP contribution is 2.29. The first-order chi connectivity index (χ1) is 9.11. The van der Waals surface area contributed by atoms with Gasteiger partial charge in [0.2, 0.25) is 5.91 Å². The highest BCUT2D eigenvalue weighted by molar-refractivity contribution is 5.96. The quantitative estimate of drug-likeness (QED) is 0.876. The van der Waals surface area contributed by atoms with E-state index in [-0.39, 0.29) is 11.9 Å². The van der Waals surface area contributed by atoms with Crippen LogP contribution < -0.4 is 15.4 Å². The van der Waals surface area contributed by atoms with Crippen molar-refractivity contribution in [3.05, 3.63) is 23.8 Å². The molecule has 1 atom stereocenters. The summed E-state index contributed by atoms with van der Waals surface area (Å²) in [5.41, 5.74) is 1.94. The highest BCUT2D eigenvalue weighted by atomic mass is 16.5. The van der Waals surface area contributed by atoms with Crippen LogP contribution in [0.25, 0.3) is 0 Å². The molecular weight excluding hydrogens is 240 g/mol. The van der Waals surface area contributed by atoms with E-state index in [1.807, 2.05) is 18.2 Å². The maximum Gasteiger partial charge on any atom is 0.241 e. The predicted molar refractivity (Wildman–Crippen MR) is 76.7 cm³/mol. The lowest BCUT2D eigenvalue weighted by Gasteiger charge is -2.15. The Morgan fingerprint density at radius 3 is 2.84 bits per heavy atom. The number of hydrogen-bond acceptors (Lipinski definition) is 3. The molecule has 4 nitrogen and oxygen atoms in total. The third kappa shape index (κ3) is 3.26. The van der Waals surface area contributed by atoms with Crippen molar-refractivity contribution in [1.29, 1.82) is 0 Å². The van der Waals surface area contributed by atoms with Crippen molar-refractivity contribution in [3.63, 3.8) is 0 Å². The van der Waals surface area contributed by atoms with E-state index in [2.05, 4.69) is 24.5 Å². The van der Waals surface area contributed by atoms with Crippen molar-refractivity contribution in [1.82, 2.24) is 5.32 Å². The number of benzene rings is 1. The number of nitrogens with one attached hydrogen (secondary N) is 2. The molecule has 104 valence electrons. The first kappa shape index (κ1) is 13.9. The van der Waals surface area contributed by atoms with Crippen molar-refractivity contribution in [3.8, 4) is 5.75 Å². The van der Waals surface area contributed by atoms with E-state index >= 15 is 0 Å². The number of methoxy groups -OCH3 is 1. The number of amides is 1. The minimum Gasteiger partial charge on any atom is -0.495 e. The Kier molecular flexibility index (Phi) is 4.43. The summed E-state index contributed by atoms with van der Waals surface area (Å²) in [7, 11) is 1.63. The minimum absolute atomic E-state index is 0.0214. The number of carbonyl (C=O) groups excluding carboxylic acids is 1. The Morgan fingerprint density at radius 1 is 1.47 bits per heavy atom. The molecule has 0 aromatic heterocycles. The molecule has 0 bridgehead atoms. The molecule has 1 aromatic rings. The molecule has 2 rings (SSSR count). The van der Waals surface area contributed by atoms with Crippen molar-refractivity contribution in [2.24, 2.45) is 0 Å². The maximum atomic E-state index is 12.1. The van der Waals surface area contributed by atoms with Gasteiger partial charge in [0.15, 0.2) is 0 Å². The molecule has 1 amide bonds. The third-order valence-corrected chi connectivity index (χ3v) is 3.53. The summed E-state index contributed by atoms with van der Waals surface area (Å²) in [6.45, 7) is 5.19. The number of ether oxygens (including phenoxy) is 1. The van der Waals surface area contributed by atoms with Crippen LogP contribution >= 0.6 is 0 Å². The molecule has 19 heavy (non-hydrogen) atoms. The van der Waals surface area contributed by atoms with Crippen LogP contribution in [-0.2, 0) is 4.79 Å². The van der Waals surface area contributed by atoms with E-state index < -0.39 is 0 Å². The van der Waals surface area contributed by atoms with Crippen LogP contribution in [0.15, 0.2) is 18.2 Å². The molecule has 0 radical (unpaired) electrons. The molecule has 2 N–H and O–H groups in total. The van der Waals surface area contributed by atoms with E-state index in [1.165, 1.54) is 5.56 Å². The Hall–Kier alpha value is -1.55. The molecule has 4 heteroatoms. The molecule has 1 aliphatic heterocycles. The van der Waals surface area contributed by atoms with Gasteiger partial charge in [-0.1, -0.05) is 19.9 Å². The van der Waals surface area contributed by atoms with Gasteiger partial charge in [0, 0.05) is 0 Å². The van der Waals surface area contributed by atoms with Crippen LogP contribution in [0.5, 0.6) is 5.75 Å². The monoisotopic (exact) mass is 262 g/mol. The van der Waals surface area contributed by atoms with Crippen LogP contribution in [0.4, 0.5) is 5.69 Å². The Morgan fingerprint density at radius 2 is 2.26 bits per heavy atom. The Labute approximate surface area is 114 Å². The fourth-order valence-corrected chi connectivity index (χ4v) is 2.30. The van der Waals surface area contributed by atoms with Crippen LogP contribution in [-0.4, -0.2) is 25.6 Å². The van der Waals surface area contributed by atoms with Crippen LogP contribution in [0.1, 0.15) is 38.2 Å². The third-order valence-electron chi connectivity index (χ3n) is 3.53. The molecule has 1 saturated heterocycles. The summed E-state index contributed by atoms with van der Waals surface area (Å²) in [5.74, 6) is 1.18. The highest BCUT2D eigenvalue weighted by Gasteiger charge is 2.22. The zero-order chi connectivity index (χ0) is 13.8. The summed E-state index contributed by atoms with van der Waals surface area (Å²) in [6.07, 6.45) is 1.96. The van der Waals surface area contributed by atoms with Crippen LogP contribution in [0.3, 0.4) is 0 Å². The van der Waals surface area contributed by atoms with Gasteiger partial charge in [-0.3, -0.25) is 4.79 Å². The molecule has 1 unspecified atom stereocenters. The van der Waals surface area contributed by atoms with Crippen molar-refractivity contribution < 1.29 is 9.53 Å². The molecule has 0 aliphatic carbocycles. The number of rotatable bonds is 4. The molecule has 1 heterocycles. The molecular formula is C15H22N2O2. The average molecular weight is 262 g/mol. The fourth-order valence-electron chi connectivity index (χ4n) is 2.30. The van der Waals surface area contributed by atoms with E-state index in [9.17, 15) is 4.79 Å². The standard InChI is InChI=1S/C15H22N2O2/c1-10(2)11-6-7-12(14(9-11)19-3)17-15(18)13-5-4-8-16-13/h6-7,9-10,13,16H,4-5,8H2,1-3H3,(H,17,18). The molecule has 1 fully saturated rings. The second kappa shape index (κ2) is 6.06. The van der Waals surface area contributed by atoms with Crippen molar-refractivity contribution >= 4 is 11.6 Å². The van der Waals surface area contributed by atoms with Gasteiger partial charge in [-0.25, -0.2) is 0 Å². The van der Waals surface area contributed by atoms with Gasteiger partial charge >= 0.3 is 0 Å². The summed E-state index contributed by atoms with van der Waals surface area (Å²) >= 11 is 0. The summed E-state index contributed by atoms with van der Waals surface area (Å²) in [4.78, 5) is 12.1. The van der Waals surface area contributed by atoms with Gasteiger partial charge in [0.25, 0.3) is 0 Å². The second-order valence-corrected chi connectivity index (χ2v) is 5.25. The molecule has 1 aromatic carbocycles. The normalized spacial score (nSPS) is 18.6. The molecule has 0 spiro atoms. The summed E-state index contributed by atoms with van der Waals surface area (Å²) in [6, 6.07) is 5.86. The second-order valence-electron chi connectivity index (χ2n) is 5.25. The van der Waals surface area contributed by atoms with Gasteiger partial charge in [-0.15, -0.1) is 0 Å². The van der Waals surface area contributed by atoms with E-state index in [1.54, 1.807) is 7.11 Å². The zero-order valence-corrected chi connectivity index (χ0v) is 11.8. The lowest BCUT2D eigenvalue weighted by Crippen LogP contribution is -2.35. The summed E-state index contributed by atoms with van der Waals surface area (Å²) in [5, 5.41) is 6.13. The van der Waals surface area contributed by atoms with Crippen LogP contribution in [0.2, 0.25) is 0 Å². The first-order valence-corrected chi connectivity index (χ1v) is 6.84. The van der Waals surface area contributed by atoms with Crippen molar-refractivity contribution in [2.75, 3.05) is 19.0 Å². The van der Waals surface area contributed by atoms with E-state index in [0.29, 0.717) is 5.92 Å². The molecule has 0 saturated carbocycles. The number of hydrogen-bond donors (Lipinski definition) is 2. The largest absolute Gasteiger partial charge is 0.495 e. The van der Waals surface area contributed by atoms with Gasteiger partial charge in [0.05, 0.1) is 18.8 Å². The van der Waals surface area contributed by atoms with Crippen LogP contribution in [0, 0.1) is 0 Å². The predicted octanol–water partition coefficient (Wildman–Crippen LogP) is 2.51. The maximum absolute atomic E-state index is 12.1. The average Bonchev–Trinajstić information content (AvgIpc) is 2.92. The van der Waals surface area contributed by atoms with Gasteiger partial charge < -0.3 is 15.4 Å². The topological polar surface area (TPSA) is 50.4 Å². The van der Waals surface area contributed by atoms with Gasteiger partial charge in [-0.05, 0) is 43.0 Å². The smallest absolute Gasteiger partial charge is 0.241 e. The number of carbonyl (C=O) groups is 1. The Balaban J connectivity index is 2.12. The van der Waals surface area contributed by atoms with E-state index in [4.69, 9.17) is 4.74 Å². The first-order valence-electron chi connectivity index (χ1n) is 6.84. The van der Waals surface area contributed by atoms with Gasteiger partial charge in [0.1, 0.15) is 5.75 Å². The summed E-state index contributed by atoms with van der Waals surface area (Å²) < 4.78 is 5.36. The zero-order valence-electron chi connectivity index (χ0n) is 11.8. The van der Waals surface area contributed by atoms with E-state index in [0.717, 1.165) is 30.8 Å². The SMILES string of the molecule is COc1cc(C(C)C)ccc1NC(=O)C1CCCN1.